The van der Waals surface area contributed by atoms with E-state index in [4.69, 9.17) is 4.74 Å². The number of carbonyl (C=O) groups excluding carboxylic acids is 1. The van der Waals surface area contributed by atoms with E-state index in [-0.39, 0.29) is 29.4 Å². The highest BCUT2D eigenvalue weighted by Crippen LogP contribution is 2.31. The number of ether oxygens (including phenoxy) is 1. The molecule has 12 nitrogen and oxygen atoms in total. The van der Waals surface area contributed by atoms with Gasteiger partial charge in [0, 0.05) is 39.1 Å². The average molecular weight is 643 g/mol. The molecule has 0 radical (unpaired) electrons. The third kappa shape index (κ3) is 8.18. The highest BCUT2D eigenvalue weighted by Gasteiger charge is 2.30. The quantitative estimate of drug-likeness (QED) is 0.267. The SMILES string of the molecule is CCN(CC)c1ncc(N(CC)S(=O)(=O)c2ccc(F)cc2)c(N[C@@H](Cc2ccc(OC(=O)N3CCCCC3)cc2)C(=O)O)n1. The first-order chi connectivity index (χ1) is 21.6. The number of aliphatic carboxylic acids is 1. The molecule has 1 aliphatic heterocycles. The van der Waals surface area contributed by atoms with Crippen molar-refractivity contribution in [3.05, 3.63) is 66.1 Å². The molecule has 0 spiro atoms. The lowest BCUT2D eigenvalue weighted by molar-refractivity contribution is -0.137. The van der Waals surface area contributed by atoms with Crippen LogP contribution >= 0.6 is 0 Å². The third-order valence-electron chi connectivity index (χ3n) is 7.55. The molecule has 0 aliphatic carbocycles. The van der Waals surface area contributed by atoms with Gasteiger partial charge in [0.25, 0.3) is 10.0 Å². The number of amides is 1. The lowest BCUT2D eigenvalue weighted by Crippen LogP contribution is -2.37. The summed E-state index contributed by atoms with van der Waals surface area (Å²) in [4.78, 5) is 37.3. The smallest absolute Gasteiger partial charge is 0.415 e. The highest BCUT2D eigenvalue weighted by molar-refractivity contribution is 7.92. The molecule has 4 rings (SSSR count). The number of rotatable bonds is 13. The predicted molar refractivity (Wildman–Crippen MR) is 169 cm³/mol. The molecule has 0 bridgehead atoms. The number of sulfonamides is 1. The number of carboxylic acids is 1. The van der Waals surface area contributed by atoms with E-state index >= 15 is 0 Å². The number of nitrogens with one attached hydrogen (secondary N) is 1. The zero-order chi connectivity index (χ0) is 32.6. The summed E-state index contributed by atoms with van der Waals surface area (Å²) in [5.74, 6) is -1.11. The molecular weight excluding hydrogens is 603 g/mol. The fraction of sp³-hybridized carbons (Fsp3) is 0.419. The standard InChI is InChI=1S/C31H39FN6O6S/c1-4-36(5-2)30-33-21-27(38(6-3)45(42,43)25-16-12-23(32)13-17-25)28(35-30)34-26(29(39)40)20-22-10-14-24(15-11-22)44-31(41)37-18-8-7-9-19-37/h10-17,21,26H,4-9,18-20H2,1-3H3,(H,39,40)(H,33,34,35)/t26-/m0/s1. The van der Waals surface area contributed by atoms with E-state index < -0.39 is 33.9 Å². The van der Waals surface area contributed by atoms with Gasteiger partial charge >= 0.3 is 12.1 Å². The molecule has 1 aromatic heterocycles. The maximum atomic E-state index is 13.6. The molecule has 1 saturated heterocycles. The fourth-order valence-corrected chi connectivity index (χ4v) is 6.52. The van der Waals surface area contributed by atoms with Crippen molar-refractivity contribution in [1.82, 2.24) is 14.9 Å². The lowest BCUT2D eigenvalue weighted by atomic mass is 10.1. The van der Waals surface area contributed by atoms with Crippen molar-refractivity contribution < 1.29 is 32.2 Å². The molecule has 1 amide bonds. The number of carboxylic acid groups (broad SMARTS) is 1. The van der Waals surface area contributed by atoms with Crippen molar-refractivity contribution in [3.8, 4) is 5.75 Å². The molecule has 14 heteroatoms. The van der Waals surface area contributed by atoms with Crippen LogP contribution in [0.25, 0.3) is 0 Å². The first kappa shape index (κ1) is 33.4. The average Bonchev–Trinajstić information content (AvgIpc) is 3.04. The van der Waals surface area contributed by atoms with Gasteiger partial charge in [-0.3, -0.25) is 4.31 Å². The largest absolute Gasteiger partial charge is 0.480 e. The second-order valence-electron chi connectivity index (χ2n) is 10.5. The maximum absolute atomic E-state index is 13.6. The zero-order valence-corrected chi connectivity index (χ0v) is 26.5. The van der Waals surface area contributed by atoms with Crippen LogP contribution < -0.4 is 19.3 Å². The molecule has 2 aromatic carbocycles. The van der Waals surface area contributed by atoms with Gasteiger partial charge in [-0.2, -0.15) is 4.98 Å². The van der Waals surface area contributed by atoms with E-state index in [0.29, 0.717) is 43.4 Å². The molecule has 2 N–H and O–H groups in total. The number of halogens is 1. The summed E-state index contributed by atoms with van der Waals surface area (Å²) >= 11 is 0. The molecule has 0 unspecified atom stereocenters. The molecule has 45 heavy (non-hydrogen) atoms. The summed E-state index contributed by atoms with van der Waals surface area (Å²) in [6, 6.07) is 9.81. The van der Waals surface area contributed by atoms with Gasteiger partial charge < -0.3 is 25.0 Å². The second-order valence-corrected chi connectivity index (χ2v) is 12.4. The molecule has 242 valence electrons. The summed E-state index contributed by atoms with van der Waals surface area (Å²) in [6.45, 7) is 7.87. The van der Waals surface area contributed by atoms with E-state index in [0.717, 1.165) is 35.7 Å². The van der Waals surface area contributed by atoms with E-state index in [9.17, 15) is 27.5 Å². The number of likely N-dealkylation sites (tertiary alicyclic amines) is 1. The van der Waals surface area contributed by atoms with Crippen molar-refractivity contribution in [2.45, 2.75) is 57.4 Å². The van der Waals surface area contributed by atoms with Gasteiger partial charge in [0.1, 0.15) is 23.3 Å². The Morgan fingerprint density at radius 2 is 1.64 bits per heavy atom. The Bertz CT molecular complexity index is 1560. The van der Waals surface area contributed by atoms with E-state index in [1.165, 1.54) is 18.3 Å². The van der Waals surface area contributed by atoms with Crippen LogP contribution in [0, 0.1) is 5.82 Å². The predicted octanol–water partition coefficient (Wildman–Crippen LogP) is 4.77. The highest BCUT2D eigenvalue weighted by atomic mass is 32.2. The first-order valence-corrected chi connectivity index (χ1v) is 16.5. The van der Waals surface area contributed by atoms with Crippen LogP contribution in [0.5, 0.6) is 5.75 Å². The summed E-state index contributed by atoms with van der Waals surface area (Å²) in [5, 5.41) is 13.1. The molecule has 2 heterocycles. The molecule has 3 aromatic rings. The lowest BCUT2D eigenvalue weighted by Gasteiger charge is -2.27. The van der Waals surface area contributed by atoms with Gasteiger partial charge in [-0.15, -0.1) is 0 Å². The minimum absolute atomic E-state index is 0.0105. The van der Waals surface area contributed by atoms with Crippen molar-refractivity contribution in [2.24, 2.45) is 0 Å². The fourth-order valence-electron chi connectivity index (χ4n) is 5.05. The number of hydrogen-bond acceptors (Lipinski definition) is 9. The maximum Gasteiger partial charge on any atom is 0.415 e. The number of hydrogen-bond donors (Lipinski definition) is 2. The number of nitrogens with zero attached hydrogens (tertiary/aromatic N) is 5. The number of carbonyl (C=O) groups is 2. The van der Waals surface area contributed by atoms with E-state index in [1.807, 2.05) is 18.7 Å². The van der Waals surface area contributed by atoms with Crippen LogP contribution in [0.3, 0.4) is 0 Å². The molecular formula is C31H39FN6O6S. The Kier molecular flexibility index (Phi) is 11.2. The van der Waals surface area contributed by atoms with Crippen LogP contribution in [-0.4, -0.2) is 79.2 Å². The number of piperidine rings is 1. The van der Waals surface area contributed by atoms with Crippen LogP contribution in [0.2, 0.25) is 0 Å². The van der Waals surface area contributed by atoms with Crippen molar-refractivity contribution in [1.29, 1.82) is 0 Å². The van der Waals surface area contributed by atoms with Crippen molar-refractivity contribution >= 4 is 39.5 Å². The summed E-state index contributed by atoms with van der Waals surface area (Å²) < 4.78 is 47.4. The second kappa shape index (κ2) is 15.0. The monoisotopic (exact) mass is 642 g/mol. The molecule has 1 fully saturated rings. The first-order valence-electron chi connectivity index (χ1n) is 15.0. The third-order valence-corrected chi connectivity index (χ3v) is 9.46. The number of benzene rings is 2. The Balaban J connectivity index is 1.61. The van der Waals surface area contributed by atoms with Gasteiger partial charge in [0.05, 0.1) is 11.1 Å². The molecule has 0 saturated carbocycles. The molecule has 1 atom stereocenters. The summed E-state index contributed by atoms with van der Waals surface area (Å²) in [7, 11) is -4.18. The normalized spacial score (nSPS) is 14.0. The topological polar surface area (TPSA) is 145 Å². The number of anilines is 3. The van der Waals surface area contributed by atoms with Gasteiger partial charge in [-0.25, -0.2) is 27.4 Å². The Morgan fingerprint density at radius 3 is 2.22 bits per heavy atom. The van der Waals surface area contributed by atoms with Crippen LogP contribution in [0.1, 0.15) is 45.6 Å². The van der Waals surface area contributed by atoms with Gasteiger partial charge in [-0.05, 0) is 82.0 Å². The van der Waals surface area contributed by atoms with Gasteiger partial charge in [-0.1, -0.05) is 12.1 Å². The molecule has 1 aliphatic rings. The minimum Gasteiger partial charge on any atom is -0.480 e. The van der Waals surface area contributed by atoms with Gasteiger partial charge in [0.2, 0.25) is 5.95 Å². The van der Waals surface area contributed by atoms with Crippen LogP contribution in [0.15, 0.2) is 59.6 Å². The Labute approximate surface area is 262 Å². The van der Waals surface area contributed by atoms with Crippen molar-refractivity contribution in [3.63, 3.8) is 0 Å². The van der Waals surface area contributed by atoms with E-state index in [2.05, 4.69) is 15.3 Å². The Morgan fingerprint density at radius 1 is 1.00 bits per heavy atom. The number of aromatic nitrogens is 2. The van der Waals surface area contributed by atoms with Gasteiger partial charge in [0.15, 0.2) is 5.82 Å². The minimum atomic E-state index is -4.18. The van der Waals surface area contributed by atoms with Crippen LogP contribution in [0.4, 0.5) is 26.6 Å². The van der Waals surface area contributed by atoms with E-state index in [1.54, 1.807) is 36.1 Å². The zero-order valence-electron chi connectivity index (χ0n) is 25.6. The van der Waals surface area contributed by atoms with Crippen LogP contribution in [-0.2, 0) is 21.2 Å². The summed E-state index contributed by atoms with van der Waals surface area (Å²) in [6.07, 6.45) is 3.91. The summed E-state index contributed by atoms with van der Waals surface area (Å²) in [5.41, 5.74) is 0.683. The van der Waals surface area contributed by atoms with Crippen molar-refractivity contribution in [2.75, 3.05) is 47.2 Å². The Hall–Kier alpha value is -4.46.